The first-order valence-electron chi connectivity index (χ1n) is 31.1. The number of rotatable bonds is 32. The van der Waals surface area contributed by atoms with Gasteiger partial charge in [0.2, 0.25) is 0 Å². The van der Waals surface area contributed by atoms with Crippen molar-refractivity contribution in [2.75, 3.05) is 13.2 Å². The van der Waals surface area contributed by atoms with Crippen molar-refractivity contribution in [3.05, 3.63) is 0 Å². The van der Waals surface area contributed by atoms with Crippen LogP contribution < -0.4 is 0 Å². The Bertz CT molecular complexity index is 299. The lowest BCUT2D eigenvalue weighted by Crippen LogP contribution is -1.84. The van der Waals surface area contributed by atoms with Gasteiger partial charge in [-0.1, -0.05) is 395 Å². The second-order valence-corrected chi connectivity index (χ2v) is 17.9. The molecule has 0 spiro atoms. The zero-order chi connectivity index (χ0) is 52.4. The van der Waals surface area contributed by atoms with Crippen LogP contribution in [0.4, 0.5) is 0 Å². The molecule has 0 amide bonds. The van der Waals surface area contributed by atoms with E-state index in [9.17, 15) is 0 Å². The maximum atomic E-state index is 4.83. The highest BCUT2D eigenvalue weighted by Gasteiger charge is 1.80. The van der Waals surface area contributed by atoms with Gasteiger partial charge in [-0.2, -0.15) is 0 Å². The summed E-state index contributed by atoms with van der Waals surface area (Å²) >= 11 is 0. The molecule has 0 aliphatic carbocycles. The lowest BCUT2D eigenvalue weighted by atomic mass is 10.2. The minimum absolute atomic E-state index is 0.844. The van der Waals surface area contributed by atoms with Crippen LogP contribution in [0.5, 0.6) is 0 Å². The average molecular weight is 936 g/mol. The molecule has 0 rings (SSSR count). The van der Waals surface area contributed by atoms with Crippen molar-refractivity contribution < 1.29 is 4.74 Å². The quantitative estimate of drug-likeness (QED) is 0.0611. The molecule has 65 heavy (non-hydrogen) atoms. The van der Waals surface area contributed by atoms with Gasteiger partial charge in [0.1, 0.15) is 0 Å². The molecule has 0 unspecified atom stereocenters. The second kappa shape index (κ2) is 137. The monoisotopic (exact) mass is 935 g/mol. The lowest BCUT2D eigenvalue weighted by Gasteiger charge is -1.86. The third kappa shape index (κ3) is 240. The first-order valence-corrected chi connectivity index (χ1v) is 31.1. The van der Waals surface area contributed by atoms with Crippen molar-refractivity contribution in [2.24, 2.45) is 0 Å². The molecule has 0 aliphatic rings. The van der Waals surface area contributed by atoms with E-state index in [-0.39, 0.29) is 0 Å². The first kappa shape index (κ1) is 91.3. The van der Waals surface area contributed by atoms with Gasteiger partial charge in [0.25, 0.3) is 0 Å². The van der Waals surface area contributed by atoms with Crippen molar-refractivity contribution >= 4 is 0 Å². The van der Waals surface area contributed by atoms with Gasteiger partial charge in [-0.15, -0.1) is 0 Å². The van der Waals surface area contributed by atoms with E-state index in [1.807, 2.05) is 13.8 Å². The molecule has 0 aliphatic heterocycles. The molecule has 0 fully saturated rings. The molecule has 0 bridgehead atoms. The molecule has 412 valence electrons. The van der Waals surface area contributed by atoms with Crippen molar-refractivity contribution in [1.29, 1.82) is 0 Å². The van der Waals surface area contributed by atoms with Crippen LogP contribution in [0.2, 0.25) is 0 Å². The lowest BCUT2D eigenvalue weighted by molar-refractivity contribution is 0.162. The molecular weight excluding hydrogens is 785 g/mol. The summed E-state index contributed by atoms with van der Waals surface area (Å²) in [6.07, 6.45) is 55.4. The molecule has 0 saturated heterocycles. The van der Waals surface area contributed by atoms with E-state index in [1.54, 1.807) is 0 Å². The van der Waals surface area contributed by atoms with Gasteiger partial charge in [0.15, 0.2) is 0 Å². The van der Waals surface area contributed by atoms with E-state index >= 15 is 0 Å². The van der Waals surface area contributed by atoms with Gasteiger partial charge < -0.3 is 4.74 Å². The highest BCUT2D eigenvalue weighted by atomic mass is 16.5. The Kier molecular flexibility index (Phi) is 193. The minimum Gasteiger partial charge on any atom is -0.382 e. The largest absolute Gasteiger partial charge is 0.382 e. The Labute approximate surface area is 425 Å². The molecule has 0 heterocycles. The van der Waals surface area contributed by atoms with Crippen LogP contribution >= 0.6 is 0 Å². The Morgan fingerprint density at radius 3 is 0.200 bits per heavy atom. The Balaban J connectivity index is -0.0000000548. The third-order valence-electron chi connectivity index (χ3n) is 9.98. The summed E-state index contributed by atoms with van der Waals surface area (Å²) in [5, 5.41) is 0. The molecular formula is C64H150O. The van der Waals surface area contributed by atoms with E-state index in [4.69, 9.17) is 4.74 Å². The highest BCUT2D eigenvalue weighted by molar-refractivity contribution is 4.36. The standard InChI is InChI=1S/10C6H14.C4H10O/c10*1-3-5-6-4-2;1-3-5-4-2/h10*3-6H2,1-2H3;3-4H2,1-2H3. The zero-order valence-electron chi connectivity index (χ0n) is 52.1. The Hall–Kier alpha value is -0.0400. The van der Waals surface area contributed by atoms with Crippen LogP contribution in [0, 0.1) is 0 Å². The minimum atomic E-state index is 0.844. The van der Waals surface area contributed by atoms with Crippen molar-refractivity contribution in [2.45, 2.75) is 409 Å². The van der Waals surface area contributed by atoms with E-state index in [2.05, 4.69) is 138 Å². The summed E-state index contributed by atoms with van der Waals surface area (Å²) in [6, 6.07) is 0. The third-order valence-corrected chi connectivity index (χ3v) is 9.98. The molecule has 0 aromatic carbocycles. The smallest absolute Gasteiger partial charge is 0.0437 e. The Morgan fingerprint density at radius 2 is 0.185 bits per heavy atom. The molecule has 0 atom stereocenters. The SMILES string of the molecule is CCCCCC.CCCCCC.CCCCCC.CCCCCC.CCCCCC.CCCCCC.CCCCCC.CCCCCC.CCCCCC.CCCCCC.CCOCC. The van der Waals surface area contributed by atoms with E-state index in [0.29, 0.717) is 0 Å². The fourth-order valence-corrected chi connectivity index (χ4v) is 5.20. The summed E-state index contributed by atoms with van der Waals surface area (Å²) in [6.45, 7) is 50.3. The van der Waals surface area contributed by atoms with Crippen LogP contribution in [0.15, 0.2) is 0 Å². The predicted molar refractivity (Wildman–Crippen MR) is 320 cm³/mol. The van der Waals surface area contributed by atoms with E-state index in [0.717, 1.165) is 13.2 Å². The van der Waals surface area contributed by atoms with Crippen LogP contribution in [-0.2, 0) is 4.74 Å². The molecule has 1 heteroatoms. The topological polar surface area (TPSA) is 9.23 Å². The van der Waals surface area contributed by atoms with E-state index in [1.165, 1.54) is 257 Å². The van der Waals surface area contributed by atoms with Crippen LogP contribution in [0.3, 0.4) is 0 Å². The molecule has 0 aromatic rings. The van der Waals surface area contributed by atoms with Crippen molar-refractivity contribution in [1.82, 2.24) is 0 Å². The number of hydrogen-bond donors (Lipinski definition) is 0. The molecule has 0 radical (unpaired) electrons. The summed E-state index contributed by atoms with van der Waals surface area (Å²) in [5.41, 5.74) is 0. The predicted octanol–water partition coefficient (Wildman–Crippen LogP) is 26.9. The maximum Gasteiger partial charge on any atom is 0.0437 e. The van der Waals surface area contributed by atoms with Crippen LogP contribution in [0.1, 0.15) is 409 Å². The van der Waals surface area contributed by atoms with Gasteiger partial charge >= 0.3 is 0 Å². The fraction of sp³-hybridized carbons (Fsp3) is 1.00. The molecule has 0 aromatic heterocycles. The Morgan fingerprint density at radius 1 is 0.123 bits per heavy atom. The molecule has 1 nitrogen and oxygen atoms in total. The van der Waals surface area contributed by atoms with Crippen molar-refractivity contribution in [3.8, 4) is 0 Å². The summed E-state index contributed by atoms with van der Waals surface area (Å²) in [4.78, 5) is 0. The summed E-state index contributed by atoms with van der Waals surface area (Å²) in [7, 11) is 0. The fourth-order valence-electron chi connectivity index (χ4n) is 5.20. The van der Waals surface area contributed by atoms with Gasteiger partial charge in [-0.05, 0) is 13.8 Å². The average Bonchev–Trinajstić information content (AvgIpc) is 3.34. The van der Waals surface area contributed by atoms with Crippen molar-refractivity contribution in [3.63, 3.8) is 0 Å². The van der Waals surface area contributed by atoms with Crippen LogP contribution in [-0.4, -0.2) is 13.2 Å². The number of unbranched alkanes of at least 4 members (excludes halogenated alkanes) is 30. The summed E-state index contributed by atoms with van der Waals surface area (Å²) in [5.74, 6) is 0. The molecule has 0 saturated carbocycles. The molecule has 0 N–H and O–H groups in total. The zero-order valence-corrected chi connectivity index (χ0v) is 52.1. The van der Waals surface area contributed by atoms with Gasteiger partial charge in [0, 0.05) is 13.2 Å². The maximum absolute atomic E-state index is 4.83. The van der Waals surface area contributed by atoms with Gasteiger partial charge in [-0.3, -0.25) is 0 Å². The highest BCUT2D eigenvalue weighted by Crippen LogP contribution is 2.00. The van der Waals surface area contributed by atoms with Gasteiger partial charge in [-0.25, -0.2) is 0 Å². The normalized spacial score (nSPS) is 8.95. The number of ether oxygens (including phenoxy) is 1. The number of hydrogen-bond acceptors (Lipinski definition) is 1. The summed E-state index contributed by atoms with van der Waals surface area (Å²) < 4.78 is 4.83. The first-order chi connectivity index (χ1) is 31.6. The van der Waals surface area contributed by atoms with E-state index < -0.39 is 0 Å². The van der Waals surface area contributed by atoms with Crippen LogP contribution in [0.25, 0.3) is 0 Å². The van der Waals surface area contributed by atoms with Gasteiger partial charge in [0.05, 0.1) is 0 Å². The second-order valence-electron chi connectivity index (χ2n) is 17.9.